The molecular formula is C20H17ClN4O4. The van der Waals surface area contributed by atoms with Gasteiger partial charge in [0.15, 0.2) is 0 Å². The molecule has 0 spiro atoms. The van der Waals surface area contributed by atoms with E-state index in [1.807, 2.05) is 0 Å². The molecule has 29 heavy (non-hydrogen) atoms. The van der Waals surface area contributed by atoms with Gasteiger partial charge < -0.3 is 14.5 Å². The quantitative estimate of drug-likeness (QED) is 0.645. The van der Waals surface area contributed by atoms with Gasteiger partial charge in [-0.2, -0.15) is 0 Å². The predicted octanol–water partition coefficient (Wildman–Crippen LogP) is 3.37. The minimum Gasteiger partial charge on any atom is -0.497 e. The number of carbonyl (C=O) groups excluding carboxylic acids is 2. The van der Waals surface area contributed by atoms with E-state index >= 15 is 0 Å². The summed E-state index contributed by atoms with van der Waals surface area (Å²) in [5.41, 5.74) is 0.0848. The van der Waals surface area contributed by atoms with Crippen LogP contribution in [0.1, 0.15) is 18.4 Å². The lowest BCUT2D eigenvalue weighted by Gasteiger charge is -2.22. The van der Waals surface area contributed by atoms with Crippen molar-refractivity contribution in [2.24, 2.45) is 0 Å². The summed E-state index contributed by atoms with van der Waals surface area (Å²) in [7, 11) is 1.54. The topological polar surface area (TPSA) is 97.6 Å². The number of hydrogen-bond acceptors (Lipinski definition) is 6. The van der Waals surface area contributed by atoms with Crippen molar-refractivity contribution in [3.63, 3.8) is 0 Å². The van der Waals surface area contributed by atoms with Crippen molar-refractivity contribution >= 4 is 23.5 Å². The molecule has 1 aliphatic heterocycles. The number of carbonyl (C=O) groups is 2. The van der Waals surface area contributed by atoms with E-state index in [4.69, 9.17) is 20.8 Å². The maximum Gasteiger partial charge on any atom is 0.325 e. The van der Waals surface area contributed by atoms with Gasteiger partial charge in [-0.05, 0) is 48.9 Å². The highest BCUT2D eigenvalue weighted by atomic mass is 35.5. The molecule has 148 valence electrons. The van der Waals surface area contributed by atoms with E-state index in [-0.39, 0.29) is 18.3 Å². The summed E-state index contributed by atoms with van der Waals surface area (Å²) in [5.74, 6) is 0.600. The highest BCUT2D eigenvalue weighted by Crippen LogP contribution is 2.32. The third-order valence-corrected chi connectivity index (χ3v) is 5.03. The summed E-state index contributed by atoms with van der Waals surface area (Å²) in [5, 5.41) is 11.3. The normalized spacial score (nSPS) is 18.8. The lowest BCUT2D eigenvalue weighted by atomic mass is 9.92. The number of aromatic nitrogens is 2. The highest BCUT2D eigenvalue weighted by Gasteiger charge is 2.49. The molecule has 1 atom stereocenters. The Kier molecular flexibility index (Phi) is 4.71. The predicted molar refractivity (Wildman–Crippen MR) is 104 cm³/mol. The summed E-state index contributed by atoms with van der Waals surface area (Å²) < 4.78 is 10.8. The molecule has 8 nitrogen and oxygen atoms in total. The molecule has 3 aromatic rings. The van der Waals surface area contributed by atoms with Gasteiger partial charge in [-0.25, -0.2) is 4.79 Å². The molecular weight excluding hydrogens is 396 g/mol. The van der Waals surface area contributed by atoms with Crippen LogP contribution in [-0.2, 0) is 16.9 Å². The van der Waals surface area contributed by atoms with Crippen LogP contribution in [0, 0.1) is 0 Å². The highest BCUT2D eigenvalue weighted by molar-refractivity contribution is 6.30. The van der Waals surface area contributed by atoms with Crippen LogP contribution in [0.25, 0.3) is 11.5 Å². The van der Waals surface area contributed by atoms with Gasteiger partial charge in [-0.3, -0.25) is 9.69 Å². The Labute approximate surface area is 171 Å². The molecule has 1 aliphatic rings. The smallest absolute Gasteiger partial charge is 0.325 e. The number of imide groups is 1. The molecule has 2 aromatic carbocycles. The molecule has 2 heterocycles. The Morgan fingerprint density at radius 3 is 2.66 bits per heavy atom. The summed E-state index contributed by atoms with van der Waals surface area (Å²) >= 11 is 5.88. The first-order chi connectivity index (χ1) is 13.9. The molecule has 9 heteroatoms. The van der Waals surface area contributed by atoms with E-state index in [0.29, 0.717) is 21.9 Å². The van der Waals surface area contributed by atoms with Gasteiger partial charge in [0, 0.05) is 10.6 Å². The second-order valence-electron chi connectivity index (χ2n) is 6.69. The van der Waals surface area contributed by atoms with Gasteiger partial charge >= 0.3 is 6.03 Å². The fourth-order valence-electron chi connectivity index (χ4n) is 3.13. The van der Waals surface area contributed by atoms with Gasteiger partial charge in [-0.15, -0.1) is 10.2 Å². The van der Waals surface area contributed by atoms with Crippen molar-refractivity contribution in [3.8, 4) is 17.2 Å². The van der Waals surface area contributed by atoms with Crippen LogP contribution in [0.2, 0.25) is 5.02 Å². The van der Waals surface area contributed by atoms with E-state index in [9.17, 15) is 9.59 Å². The minimum atomic E-state index is -1.22. The van der Waals surface area contributed by atoms with Crippen LogP contribution in [0.4, 0.5) is 4.79 Å². The number of halogens is 1. The van der Waals surface area contributed by atoms with E-state index in [0.717, 1.165) is 4.90 Å². The largest absolute Gasteiger partial charge is 0.497 e. The molecule has 1 aromatic heterocycles. The number of nitrogens with one attached hydrogen (secondary N) is 1. The standard InChI is InChI=1S/C20H17ClN4O4/c1-20(13-4-3-5-15(10-13)28-2)18(26)25(19(27)22-20)11-16-23-24-17(29-16)12-6-8-14(21)9-7-12/h3-10H,11H2,1-2H3,(H,22,27)/t20-/m1/s1. The molecule has 0 saturated carbocycles. The van der Waals surface area contributed by atoms with Gasteiger partial charge in [0.1, 0.15) is 17.8 Å². The molecule has 4 rings (SSSR count). The van der Waals surface area contributed by atoms with E-state index < -0.39 is 17.5 Å². The van der Waals surface area contributed by atoms with Crippen LogP contribution in [0.5, 0.6) is 5.75 Å². The number of methoxy groups -OCH3 is 1. The molecule has 1 saturated heterocycles. The average molecular weight is 413 g/mol. The summed E-state index contributed by atoms with van der Waals surface area (Å²) in [6.07, 6.45) is 0. The monoisotopic (exact) mass is 412 g/mol. The molecule has 1 fully saturated rings. The molecule has 0 aliphatic carbocycles. The van der Waals surface area contributed by atoms with Crippen LogP contribution in [0.3, 0.4) is 0 Å². The number of ether oxygens (including phenoxy) is 1. The fraction of sp³-hybridized carbons (Fsp3) is 0.200. The van der Waals surface area contributed by atoms with E-state index in [1.54, 1.807) is 55.5 Å². The van der Waals surface area contributed by atoms with Gasteiger partial charge in [-0.1, -0.05) is 23.7 Å². The molecule has 0 radical (unpaired) electrons. The number of benzene rings is 2. The Bertz CT molecular complexity index is 1080. The summed E-state index contributed by atoms with van der Waals surface area (Å²) in [6, 6.07) is 13.4. The summed E-state index contributed by atoms with van der Waals surface area (Å²) in [6.45, 7) is 1.51. The number of nitrogens with zero attached hydrogens (tertiary/aromatic N) is 3. The zero-order valence-corrected chi connectivity index (χ0v) is 16.4. The zero-order valence-electron chi connectivity index (χ0n) is 15.7. The SMILES string of the molecule is COc1cccc([C@@]2(C)NC(=O)N(Cc3nnc(-c4ccc(Cl)cc4)o3)C2=O)c1. The second-order valence-corrected chi connectivity index (χ2v) is 7.12. The first-order valence-corrected chi connectivity index (χ1v) is 9.15. The lowest BCUT2D eigenvalue weighted by molar-refractivity contribution is -0.131. The van der Waals surface area contributed by atoms with Crippen molar-refractivity contribution in [3.05, 3.63) is 65.0 Å². The maximum atomic E-state index is 13.1. The van der Waals surface area contributed by atoms with Gasteiger partial charge in [0.05, 0.1) is 7.11 Å². The van der Waals surface area contributed by atoms with Crippen molar-refractivity contribution in [2.75, 3.05) is 7.11 Å². The molecule has 3 amide bonds. The van der Waals surface area contributed by atoms with Crippen LogP contribution < -0.4 is 10.1 Å². The number of urea groups is 1. The third-order valence-electron chi connectivity index (χ3n) is 4.77. The van der Waals surface area contributed by atoms with E-state index in [1.165, 1.54) is 7.11 Å². The van der Waals surface area contributed by atoms with Crippen molar-refractivity contribution in [2.45, 2.75) is 19.0 Å². The zero-order chi connectivity index (χ0) is 20.6. The lowest BCUT2D eigenvalue weighted by Crippen LogP contribution is -2.40. The first-order valence-electron chi connectivity index (χ1n) is 8.77. The second kappa shape index (κ2) is 7.21. The number of amides is 3. The van der Waals surface area contributed by atoms with Crippen molar-refractivity contribution in [1.29, 1.82) is 0 Å². The number of hydrogen-bond donors (Lipinski definition) is 1. The van der Waals surface area contributed by atoms with Crippen LogP contribution >= 0.6 is 11.6 Å². The minimum absolute atomic E-state index is 0.134. The van der Waals surface area contributed by atoms with Gasteiger partial charge in [0.25, 0.3) is 5.91 Å². The van der Waals surface area contributed by atoms with Gasteiger partial charge in [0.2, 0.25) is 11.8 Å². The van der Waals surface area contributed by atoms with Crippen LogP contribution in [-0.4, -0.2) is 34.1 Å². The first kappa shape index (κ1) is 18.9. The summed E-state index contributed by atoms with van der Waals surface area (Å²) in [4.78, 5) is 26.6. The fourth-order valence-corrected chi connectivity index (χ4v) is 3.26. The van der Waals surface area contributed by atoms with Crippen LogP contribution in [0.15, 0.2) is 52.9 Å². The Morgan fingerprint density at radius 1 is 1.17 bits per heavy atom. The molecule has 0 bridgehead atoms. The maximum absolute atomic E-state index is 13.1. The molecule has 0 unspecified atom stereocenters. The third kappa shape index (κ3) is 3.42. The van der Waals surface area contributed by atoms with Crippen molar-refractivity contribution < 1.29 is 18.7 Å². The Morgan fingerprint density at radius 2 is 1.93 bits per heavy atom. The Balaban J connectivity index is 1.56. The Hall–Kier alpha value is -3.39. The number of rotatable bonds is 5. The van der Waals surface area contributed by atoms with Crippen molar-refractivity contribution in [1.82, 2.24) is 20.4 Å². The van der Waals surface area contributed by atoms with E-state index in [2.05, 4.69) is 15.5 Å². The molecule has 1 N–H and O–H groups in total. The average Bonchev–Trinajstić information content (AvgIpc) is 3.28.